The van der Waals surface area contributed by atoms with Crippen LogP contribution in [-0.2, 0) is 7.05 Å². The molecule has 2 aromatic rings. The molecule has 0 saturated carbocycles. The van der Waals surface area contributed by atoms with Crippen LogP contribution in [0.4, 0.5) is 11.5 Å². The fraction of sp³-hybridized carbons (Fsp3) is 0.167. The van der Waals surface area contributed by atoms with Gasteiger partial charge in [-0.2, -0.15) is 5.10 Å². The summed E-state index contributed by atoms with van der Waals surface area (Å²) in [6.45, 7) is 0. The van der Waals surface area contributed by atoms with E-state index < -0.39 is 0 Å². The zero-order valence-electron chi connectivity index (χ0n) is 10.5. The second-order valence-electron chi connectivity index (χ2n) is 3.87. The summed E-state index contributed by atoms with van der Waals surface area (Å²) < 4.78 is 6.50. The lowest BCUT2D eigenvalue weighted by molar-refractivity contribution is 0.102. The summed E-state index contributed by atoms with van der Waals surface area (Å²) in [4.78, 5) is 12.0. The molecule has 0 saturated heterocycles. The molecule has 1 aromatic heterocycles. The Morgan fingerprint density at radius 1 is 1.53 bits per heavy atom. The smallest absolute Gasteiger partial charge is 0.261 e. The molecule has 0 fully saturated rings. The van der Waals surface area contributed by atoms with E-state index in [0.717, 1.165) is 0 Å². The molecule has 1 heterocycles. The number of carbonyl (C=O) groups is 1. The van der Waals surface area contributed by atoms with Crippen molar-refractivity contribution in [2.75, 3.05) is 18.2 Å². The van der Waals surface area contributed by atoms with Crippen LogP contribution in [-0.4, -0.2) is 22.8 Å². The molecule has 6 nitrogen and oxygen atoms in total. The van der Waals surface area contributed by atoms with E-state index in [4.69, 9.17) is 22.1 Å². The first kappa shape index (κ1) is 13.2. The number of ether oxygens (including phenoxy) is 1. The number of methoxy groups -OCH3 is 1. The second kappa shape index (κ2) is 5.19. The van der Waals surface area contributed by atoms with Crippen molar-refractivity contribution in [3.63, 3.8) is 0 Å². The van der Waals surface area contributed by atoms with Gasteiger partial charge in [-0.1, -0.05) is 11.6 Å². The summed E-state index contributed by atoms with van der Waals surface area (Å²) in [6, 6.07) is 4.95. The van der Waals surface area contributed by atoms with Gasteiger partial charge in [-0.15, -0.1) is 0 Å². The van der Waals surface area contributed by atoms with Crippen molar-refractivity contribution in [1.82, 2.24) is 9.78 Å². The van der Waals surface area contributed by atoms with Gasteiger partial charge in [0.25, 0.3) is 5.91 Å². The lowest BCUT2D eigenvalue weighted by Crippen LogP contribution is -2.13. The van der Waals surface area contributed by atoms with Crippen LogP contribution in [0.25, 0.3) is 0 Å². The highest BCUT2D eigenvalue weighted by Crippen LogP contribution is 2.27. The minimum Gasteiger partial charge on any atom is -0.495 e. The Morgan fingerprint density at radius 2 is 2.26 bits per heavy atom. The molecule has 19 heavy (non-hydrogen) atoms. The van der Waals surface area contributed by atoms with Gasteiger partial charge in [-0.3, -0.25) is 9.48 Å². The van der Waals surface area contributed by atoms with Crippen molar-refractivity contribution in [2.24, 2.45) is 7.05 Å². The Balaban J connectivity index is 2.22. The summed E-state index contributed by atoms with van der Waals surface area (Å²) in [5, 5.41) is 7.09. The van der Waals surface area contributed by atoms with Gasteiger partial charge in [0, 0.05) is 18.8 Å². The fourth-order valence-electron chi connectivity index (χ4n) is 1.56. The van der Waals surface area contributed by atoms with Crippen molar-refractivity contribution in [3.05, 3.63) is 35.0 Å². The van der Waals surface area contributed by atoms with Crippen LogP contribution in [0.1, 0.15) is 10.4 Å². The summed E-state index contributed by atoms with van der Waals surface area (Å²) in [7, 11) is 3.17. The van der Waals surface area contributed by atoms with Gasteiger partial charge in [0.2, 0.25) is 0 Å². The first-order valence-electron chi connectivity index (χ1n) is 5.45. The number of nitrogens with zero attached hydrogens (tertiary/aromatic N) is 2. The fourth-order valence-corrected chi connectivity index (χ4v) is 1.75. The molecule has 2 rings (SSSR count). The minimum absolute atomic E-state index is 0.304. The molecular weight excluding hydrogens is 268 g/mol. The molecule has 3 N–H and O–H groups in total. The highest BCUT2D eigenvalue weighted by Gasteiger charge is 2.14. The predicted octanol–water partition coefficient (Wildman–Crippen LogP) is 1.92. The van der Waals surface area contributed by atoms with Gasteiger partial charge in [0.1, 0.15) is 17.1 Å². The number of anilines is 2. The summed E-state index contributed by atoms with van der Waals surface area (Å²) in [5.74, 6) is 0.451. The first-order valence-corrected chi connectivity index (χ1v) is 5.83. The number of hydrogen-bond donors (Lipinski definition) is 2. The highest BCUT2D eigenvalue weighted by molar-refractivity contribution is 6.32. The molecule has 0 unspecified atom stereocenters. The maximum atomic E-state index is 12.0. The van der Waals surface area contributed by atoms with Gasteiger partial charge in [-0.25, -0.2) is 0 Å². The monoisotopic (exact) mass is 280 g/mol. The first-order chi connectivity index (χ1) is 9.02. The topological polar surface area (TPSA) is 82.2 Å². The van der Waals surface area contributed by atoms with E-state index in [0.29, 0.717) is 27.8 Å². The molecule has 100 valence electrons. The molecule has 0 radical (unpaired) electrons. The third-order valence-electron chi connectivity index (χ3n) is 2.64. The van der Waals surface area contributed by atoms with E-state index in [9.17, 15) is 4.79 Å². The van der Waals surface area contributed by atoms with Crippen molar-refractivity contribution in [2.45, 2.75) is 0 Å². The van der Waals surface area contributed by atoms with Crippen LogP contribution in [0.3, 0.4) is 0 Å². The largest absolute Gasteiger partial charge is 0.495 e. The summed E-state index contributed by atoms with van der Waals surface area (Å²) in [5.41, 5.74) is 6.61. The normalized spacial score (nSPS) is 10.3. The van der Waals surface area contributed by atoms with Crippen LogP contribution in [0.5, 0.6) is 5.75 Å². The molecular formula is C12H13ClN4O2. The third-order valence-corrected chi connectivity index (χ3v) is 2.95. The van der Waals surface area contributed by atoms with E-state index >= 15 is 0 Å². The van der Waals surface area contributed by atoms with Crippen LogP contribution in [0, 0.1) is 0 Å². The Morgan fingerprint density at radius 3 is 2.84 bits per heavy atom. The van der Waals surface area contributed by atoms with Gasteiger partial charge >= 0.3 is 0 Å². The van der Waals surface area contributed by atoms with Crippen LogP contribution >= 0.6 is 11.6 Å². The third kappa shape index (κ3) is 2.63. The lowest BCUT2D eigenvalue weighted by Gasteiger charge is -2.08. The van der Waals surface area contributed by atoms with Gasteiger partial charge in [0.15, 0.2) is 0 Å². The number of amides is 1. The molecule has 0 aliphatic rings. The average molecular weight is 281 g/mol. The summed E-state index contributed by atoms with van der Waals surface area (Å²) in [6.07, 6.45) is 1.41. The van der Waals surface area contributed by atoms with Crippen LogP contribution in [0.2, 0.25) is 5.02 Å². The maximum Gasteiger partial charge on any atom is 0.261 e. The number of nitrogens with one attached hydrogen (secondary N) is 1. The summed E-state index contributed by atoms with van der Waals surface area (Å²) >= 11 is 5.91. The van der Waals surface area contributed by atoms with Gasteiger partial charge < -0.3 is 15.8 Å². The lowest BCUT2D eigenvalue weighted by atomic mass is 10.2. The molecule has 0 atom stereocenters. The van der Waals surface area contributed by atoms with Crippen LogP contribution in [0.15, 0.2) is 24.4 Å². The number of nitrogen functional groups attached to an aromatic ring is 1. The zero-order valence-corrected chi connectivity index (χ0v) is 11.2. The van der Waals surface area contributed by atoms with Crippen LogP contribution < -0.4 is 15.8 Å². The number of benzene rings is 1. The number of halogens is 1. The molecule has 1 amide bonds. The van der Waals surface area contributed by atoms with Gasteiger partial charge in [-0.05, 0) is 12.1 Å². The number of carbonyl (C=O) groups excluding carboxylic acids is 1. The Bertz CT molecular complexity index is 624. The van der Waals surface area contributed by atoms with Crippen molar-refractivity contribution in [3.8, 4) is 5.75 Å². The predicted molar refractivity (Wildman–Crippen MR) is 73.6 cm³/mol. The highest BCUT2D eigenvalue weighted by atomic mass is 35.5. The van der Waals surface area contributed by atoms with E-state index in [-0.39, 0.29) is 5.91 Å². The second-order valence-corrected chi connectivity index (χ2v) is 4.28. The number of rotatable bonds is 3. The van der Waals surface area contributed by atoms with Crippen molar-refractivity contribution >= 4 is 29.0 Å². The van der Waals surface area contributed by atoms with E-state index in [1.54, 1.807) is 25.2 Å². The number of aromatic nitrogens is 2. The quantitative estimate of drug-likeness (QED) is 0.900. The Kier molecular flexibility index (Phi) is 3.62. The molecule has 7 heteroatoms. The van der Waals surface area contributed by atoms with Gasteiger partial charge in [0.05, 0.1) is 18.3 Å². The Labute approximate surface area is 115 Å². The van der Waals surface area contributed by atoms with E-state index in [1.807, 2.05) is 0 Å². The molecule has 1 aromatic carbocycles. The van der Waals surface area contributed by atoms with Crippen molar-refractivity contribution < 1.29 is 9.53 Å². The average Bonchev–Trinajstić information content (AvgIpc) is 2.72. The minimum atomic E-state index is -0.338. The molecule has 0 aliphatic heterocycles. The molecule has 0 bridgehead atoms. The van der Waals surface area contributed by atoms with Crippen molar-refractivity contribution in [1.29, 1.82) is 0 Å². The standard InChI is InChI=1S/C12H13ClN4O2/c1-17-11(14)8(6-15-17)12(18)16-7-3-4-9(13)10(5-7)19-2/h3-6H,14H2,1-2H3,(H,16,18). The molecule has 0 spiro atoms. The number of nitrogens with two attached hydrogens (primary N) is 1. The Hall–Kier alpha value is -2.21. The SMILES string of the molecule is COc1cc(NC(=O)c2cnn(C)c2N)ccc1Cl. The van der Waals surface area contributed by atoms with E-state index in [1.165, 1.54) is 18.0 Å². The zero-order chi connectivity index (χ0) is 14.0. The number of aryl methyl sites for hydroxylation is 1. The van der Waals surface area contributed by atoms with E-state index in [2.05, 4.69) is 10.4 Å². The number of hydrogen-bond acceptors (Lipinski definition) is 4. The maximum absolute atomic E-state index is 12.0. The molecule has 0 aliphatic carbocycles.